The van der Waals surface area contributed by atoms with E-state index in [4.69, 9.17) is 14.2 Å². The zero-order valence-electron chi connectivity index (χ0n) is 22.0. The maximum Gasteiger partial charge on any atom is 0.305 e. The highest BCUT2D eigenvalue weighted by Crippen LogP contribution is 2.53. The third-order valence-corrected chi connectivity index (χ3v) is 9.62. The number of amides is 2. The number of aromatic nitrogens is 1. The number of H-pyrrole nitrogens is 1. The second kappa shape index (κ2) is 10.5. The van der Waals surface area contributed by atoms with Crippen LogP contribution in [0, 0.1) is 12.8 Å². The number of ether oxygens (including phenoxy) is 3. The summed E-state index contributed by atoms with van der Waals surface area (Å²) >= 11 is 2.32. The van der Waals surface area contributed by atoms with Crippen LogP contribution in [-0.2, 0) is 16.2 Å². The molecule has 0 radical (unpaired) electrons. The summed E-state index contributed by atoms with van der Waals surface area (Å²) in [6.07, 6.45) is 0. The third-order valence-electron chi connectivity index (χ3n) is 7.22. The predicted octanol–water partition coefficient (Wildman–Crippen LogP) is 5.14. The van der Waals surface area contributed by atoms with Gasteiger partial charge in [-0.05, 0) is 54.4 Å². The van der Waals surface area contributed by atoms with E-state index >= 15 is 0 Å². The number of hydrogen-bond acceptors (Lipinski definition) is 8. The van der Waals surface area contributed by atoms with Gasteiger partial charge in [-0.1, -0.05) is 59.0 Å². The molecular formula is C30H26N2O6S2. The van der Waals surface area contributed by atoms with Gasteiger partial charge in [0.15, 0.2) is 11.5 Å². The van der Waals surface area contributed by atoms with Crippen molar-refractivity contribution in [3.63, 3.8) is 0 Å². The topological polar surface area (TPSA) is 97.9 Å². The maximum atomic E-state index is 13.9. The maximum absolute atomic E-state index is 13.9. The molecule has 3 aromatic carbocycles. The molecule has 40 heavy (non-hydrogen) atoms. The molecule has 0 spiro atoms. The first-order valence-electron chi connectivity index (χ1n) is 12.7. The summed E-state index contributed by atoms with van der Waals surface area (Å²) in [6, 6.07) is 20.5. The van der Waals surface area contributed by atoms with Crippen molar-refractivity contribution >= 4 is 40.6 Å². The third kappa shape index (κ3) is 4.56. The van der Waals surface area contributed by atoms with E-state index in [-0.39, 0.29) is 16.7 Å². The second-order valence-electron chi connectivity index (χ2n) is 9.64. The quantitative estimate of drug-likeness (QED) is 0.306. The Morgan fingerprint density at radius 1 is 0.875 bits per heavy atom. The fraction of sp³-hybridized carbons (Fsp3) is 0.233. The molecule has 2 aliphatic heterocycles. The first-order chi connectivity index (χ1) is 19.4. The van der Waals surface area contributed by atoms with Crippen molar-refractivity contribution in [2.75, 3.05) is 19.1 Å². The number of aryl methyl sites for hydroxylation is 1. The highest BCUT2D eigenvalue weighted by atomic mass is 32.2. The van der Waals surface area contributed by atoms with Crippen molar-refractivity contribution in [1.82, 2.24) is 4.98 Å². The molecule has 0 unspecified atom stereocenters. The monoisotopic (exact) mass is 574 g/mol. The number of nitrogens with zero attached hydrogens (tertiary/aromatic N) is 1. The zero-order valence-corrected chi connectivity index (χ0v) is 23.6. The van der Waals surface area contributed by atoms with Crippen LogP contribution >= 0.6 is 23.1 Å². The number of thioether (sulfide) groups is 1. The van der Waals surface area contributed by atoms with Crippen LogP contribution in [0.2, 0.25) is 0 Å². The van der Waals surface area contributed by atoms with Gasteiger partial charge in [-0.15, -0.1) is 0 Å². The predicted molar refractivity (Wildman–Crippen MR) is 154 cm³/mol. The van der Waals surface area contributed by atoms with Crippen LogP contribution in [-0.4, -0.2) is 36.3 Å². The van der Waals surface area contributed by atoms with Gasteiger partial charge < -0.3 is 19.2 Å². The summed E-state index contributed by atoms with van der Waals surface area (Å²) in [7, 11) is 3.12. The van der Waals surface area contributed by atoms with E-state index in [1.54, 1.807) is 38.5 Å². The molecule has 1 aromatic heterocycles. The lowest BCUT2D eigenvalue weighted by molar-refractivity contribution is -0.122. The van der Waals surface area contributed by atoms with Crippen molar-refractivity contribution in [3.8, 4) is 17.2 Å². The molecular weight excluding hydrogens is 548 g/mol. The normalized spacial score (nSPS) is 19.8. The number of imide groups is 1. The van der Waals surface area contributed by atoms with E-state index in [0.717, 1.165) is 27.3 Å². The van der Waals surface area contributed by atoms with Gasteiger partial charge in [0.2, 0.25) is 11.8 Å². The Bertz CT molecular complexity index is 1640. The zero-order chi connectivity index (χ0) is 28.0. The number of benzene rings is 3. The summed E-state index contributed by atoms with van der Waals surface area (Å²) in [5.74, 6) is -0.116. The number of thiazole rings is 1. The Kier molecular flexibility index (Phi) is 6.89. The van der Waals surface area contributed by atoms with Crippen LogP contribution in [0.3, 0.4) is 0 Å². The number of fused-ring (bicyclic) bond motifs is 2. The van der Waals surface area contributed by atoms with Crippen LogP contribution in [0.5, 0.6) is 17.2 Å². The van der Waals surface area contributed by atoms with Crippen molar-refractivity contribution in [2.24, 2.45) is 5.92 Å². The number of aromatic amines is 1. The van der Waals surface area contributed by atoms with E-state index in [9.17, 15) is 14.4 Å². The molecule has 2 amide bonds. The van der Waals surface area contributed by atoms with E-state index < -0.39 is 17.1 Å². The number of methoxy groups -OCH3 is 2. The van der Waals surface area contributed by atoms with Crippen LogP contribution in [0.15, 0.2) is 76.6 Å². The first-order valence-corrected chi connectivity index (χ1v) is 14.4. The Morgan fingerprint density at radius 2 is 1.62 bits per heavy atom. The van der Waals surface area contributed by atoms with Gasteiger partial charge in [0, 0.05) is 10.8 Å². The fourth-order valence-electron chi connectivity index (χ4n) is 5.20. The van der Waals surface area contributed by atoms with Gasteiger partial charge in [0.05, 0.1) is 30.9 Å². The van der Waals surface area contributed by atoms with Crippen LogP contribution < -0.4 is 24.0 Å². The van der Waals surface area contributed by atoms with Crippen molar-refractivity contribution in [3.05, 3.63) is 98.0 Å². The average molecular weight is 575 g/mol. The Balaban J connectivity index is 1.36. The van der Waals surface area contributed by atoms with E-state index in [1.165, 1.54) is 22.2 Å². The molecule has 8 nitrogen and oxygen atoms in total. The second-order valence-corrected chi connectivity index (χ2v) is 11.8. The number of carbonyl (C=O) groups excluding carboxylic acids is 2. The minimum Gasteiger partial charge on any atom is -0.497 e. The summed E-state index contributed by atoms with van der Waals surface area (Å²) in [5.41, 5.74) is 3.45. The van der Waals surface area contributed by atoms with Crippen LogP contribution in [0.4, 0.5) is 5.69 Å². The molecule has 2 aliphatic rings. The summed E-state index contributed by atoms with van der Waals surface area (Å²) in [6.45, 7) is 2.40. The summed E-state index contributed by atoms with van der Waals surface area (Å²) in [5, 5.41) is -0.0570. The molecule has 10 heteroatoms. The molecule has 1 N–H and O–H groups in total. The Hall–Kier alpha value is -4.02. The molecule has 1 saturated heterocycles. The Morgan fingerprint density at radius 3 is 2.33 bits per heavy atom. The van der Waals surface area contributed by atoms with E-state index in [0.29, 0.717) is 34.6 Å². The average Bonchev–Trinajstić information content (AvgIpc) is 3.46. The summed E-state index contributed by atoms with van der Waals surface area (Å²) in [4.78, 5) is 44.6. The number of anilines is 1. The molecule has 0 aliphatic carbocycles. The van der Waals surface area contributed by atoms with Crippen molar-refractivity contribution in [1.29, 1.82) is 0 Å². The minimum atomic E-state index is -0.692. The number of nitrogens with one attached hydrogen (secondary N) is 1. The fourth-order valence-corrected chi connectivity index (χ4v) is 7.72. The lowest BCUT2D eigenvalue weighted by Gasteiger charge is -2.30. The van der Waals surface area contributed by atoms with Crippen molar-refractivity contribution in [2.45, 2.75) is 29.7 Å². The highest BCUT2D eigenvalue weighted by molar-refractivity contribution is 8.00. The lowest BCUT2D eigenvalue weighted by Crippen LogP contribution is -2.32. The molecule has 6 rings (SSSR count). The lowest BCUT2D eigenvalue weighted by atomic mass is 9.83. The molecule has 4 aromatic rings. The number of carbonyl (C=O) groups is 2. The number of hydrogen-bond donors (Lipinski definition) is 1. The van der Waals surface area contributed by atoms with E-state index in [1.807, 2.05) is 49.4 Å². The van der Waals surface area contributed by atoms with Crippen molar-refractivity contribution < 1.29 is 23.8 Å². The number of rotatable bonds is 7. The Labute approximate surface area is 238 Å². The molecule has 0 saturated carbocycles. The van der Waals surface area contributed by atoms with Crippen LogP contribution in [0.25, 0.3) is 0 Å². The molecule has 0 bridgehead atoms. The summed E-state index contributed by atoms with van der Waals surface area (Å²) < 4.78 is 17.0. The molecule has 204 valence electrons. The van der Waals surface area contributed by atoms with Gasteiger partial charge in [0.25, 0.3) is 0 Å². The van der Waals surface area contributed by atoms with Gasteiger partial charge >= 0.3 is 4.87 Å². The standard InChI is InChI=1S/C30H26N2O6S2/c1-16-4-6-17(7-5-16)15-38-21-13-8-18(14-22(21)37-3)23-24-26(39-27-25(23)40-30(35)31-27)29(34)32(28(24)33)19-9-11-20(36-2)12-10-19/h4-14,23-24,26H,15H2,1-3H3,(H,31,35)/t23-,24-,26+/m0/s1. The first kappa shape index (κ1) is 26.2. The highest BCUT2D eigenvalue weighted by Gasteiger charge is 2.56. The molecule has 1 fully saturated rings. The van der Waals surface area contributed by atoms with Gasteiger partial charge in [0.1, 0.15) is 17.6 Å². The molecule has 3 heterocycles. The smallest absolute Gasteiger partial charge is 0.305 e. The largest absolute Gasteiger partial charge is 0.497 e. The van der Waals surface area contributed by atoms with Gasteiger partial charge in [-0.2, -0.15) is 0 Å². The van der Waals surface area contributed by atoms with Gasteiger partial charge in [-0.25, -0.2) is 4.90 Å². The minimum absolute atomic E-state index is 0.223. The van der Waals surface area contributed by atoms with Gasteiger partial charge in [-0.3, -0.25) is 14.4 Å². The SMILES string of the molecule is COc1ccc(N2C(=O)[C@H]3[C@H](c4ccc(OCc5ccc(C)cc5)c(OC)c4)c4sc(=O)[nH]c4S[C@H]3C2=O)cc1. The molecule has 3 atom stereocenters. The van der Waals surface area contributed by atoms with E-state index in [2.05, 4.69) is 4.98 Å². The van der Waals surface area contributed by atoms with Crippen LogP contribution in [0.1, 0.15) is 27.5 Å².